The first-order valence-corrected chi connectivity index (χ1v) is 11.0. The van der Waals surface area contributed by atoms with Gasteiger partial charge < -0.3 is 14.2 Å². The molecule has 0 saturated heterocycles. The average Bonchev–Trinajstić information content (AvgIpc) is 3.33. The maximum absolute atomic E-state index is 13.1. The zero-order valence-corrected chi connectivity index (χ0v) is 18.9. The smallest absolute Gasteiger partial charge is 0.357 e. The predicted octanol–water partition coefficient (Wildman–Crippen LogP) is 5.39. The van der Waals surface area contributed by atoms with E-state index in [2.05, 4.69) is 8.75 Å². The molecule has 0 spiro atoms. The number of rotatable bonds is 8. The number of fused-ring (bicyclic) bond motifs is 1. The van der Waals surface area contributed by atoms with Gasteiger partial charge in [0.25, 0.3) is 0 Å². The molecule has 7 nitrogen and oxygen atoms in total. The molecule has 0 aliphatic heterocycles. The van der Waals surface area contributed by atoms with E-state index in [-0.39, 0.29) is 5.69 Å². The highest BCUT2D eigenvalue weighted by Crippen LogP contribution is 2.36. The van der Waals surface area contributed by atoms with Crippen LogP contribution >= 0.6 is 11.7 Å². The standard InChI is InChI=1S/C24H23N3O4S/c1-4-5-14-31-24(28)22-19(15-6-10-17(29-2)11-7-15)21-23(27-32-26-21)20(25-22)16-8-12-18(30-3)13-9-16/h6-13H,4-5,14H2,1-3H3. The Hall–Kier alpha value is -3.52. The lowest BCUT2D eigenvalue weighted by molar-refractivity contribution is 0.0494. The second kappa shape index (κ2) is 9.74. The van der Waals surface area contributed by atoms with Crippen LogP contribution in [0.1, 0.15) is 30.3 Å². The molecule has 2 aromatic carbocycles. The van der Waals surface area contributed by atoms with Crippen LogP contribution in [-0.4, -0.2) is 40.5 Å². The summed E-state index contributed by atoms with van der Waals surface area (Å²) in [6.45, 7) is 2.38. The number of carbonyl (C=O) groups excluding carboxylic acids is 1. The Morgan fingerprint density at radius 2 is 1.47 bits per heavy atom. The Morgan fingerprint density at radius 3 is 2.06 bits per heavy atom. The van der Waals surface area contributed by atoms with E-state index >= 15 is 0 Å². The molecule has 8 heteroatoms. The lowest BCUT2D eigenvalue weighted by atomic mass is 9.99. The minimum Gasteiger partial charge on any atom is -0.497 e. The Bertz CT molecular complexity index is 1220. The van der Waals surface area contributed by atoms with E-state index in [1.54, 1.807) is 14.2 Å². The van der Waals surface area contributed by atoms with Crippen molar-refractivity contribution >= 4 is 28.7 Å². The van der Waals surface area contributed by atoms with E-state index in [4.69, 9.17) is 19.2 Å². The van der Waals surface area contributed by atoms with Gasteiger partial charge in [0.15, 0.2) is 5.69 Å². The fourth-order valence-electron chi connectivity index (χ4n) is 3.35. The normalized spacial score (nSPS) is 10.8. The summed E-state index contributed by atoms with van der Waals surface area (Å²) in [4.78, 5) is 17.9. The van der Waals surface area contributed by atoms with Crippen molar-refractivity contribution in [2.75, 3.05) is 20.8 Å². The van der Waals surface area contributed by atoms with E-state index in [1.165, 1.54) is 0 Å². The Labute approximate surface area is 190 Å². The van der Waals surface area contributed by atoms with Crippen LogP contribution in [0.3, 0.4) is 0 Å². The fraction of sp³-hybridized carbons (Fsp3) is 0.250. The molecule has 0 saturated carbocycles. The molecule has 164 valence electrons. The van der Waals surface area contributed by atoms with Crippen LogP contribution in [0.15, 0.2) is 48.5 Å². The third kappa shape index (κ3) is 4.27. The highest BCUT2D eigenvalue weighted by molar-refractivity contribution is 7.00. The molecule has 2 heterocycles. The SMILES string of the molecule is CCCCOC(=O)c1nc(-c2ccc(OC)cc2)c2nsnc2c1-c1ccc(OC)cc1. The van der Waals surface area contributed by atoms with Crippen molar-refractivity contribution in [2.45, 2.75) is 19.8 Å². The number of hydrogen-bond acceptors (Lipinski definition) is 8. The number of pyridine rings is 1. The summed E-state index contributed by atoms with van der Waals surface area (Å²) >= 11 is 1.09. The Morgan fingerprint density at radius 1 is 0.875 bits per heavy atom. The summed E-state index contributed by atoms with van der Waals surface area (Å²) in [7, 11) is 3.23. The zero-order chi connectivity index (χ0) is 22.5. The largest absolute Gasteiger partial charge is 0.497 e. The van der Waals surface area contributed by atoms with Crippen molar-refractivity contribution in [3.63, 3.8) is 0 Å². The summed E-state index contributed by atoms with van der Waals surface area (Å²) in [5.41, 5.74) is 4.26. The molecular weight excluding hydrogens is 426 g/mol. The first-order chi connectivity index (χ1) is 15.7. The molecule has 0 amide bonds. The molecule has 0 atom stereocenters. The predicted molar refractivity (Wildman–Crippen MR) is 124 cm³/mol. The van der Waals surface area contributed by atoms with Crippen LogP contribution in [0.5, 0.6) is 11.5 Å². The average molecular weight is 450 g/mol. The molecule has 0 N–H and O–H groups in total. The summed E-state index contributed by atoms with van der Waals surface area (Å²) < 4.78 is 25.1. The quantitative estimate of drug-likeness (QED) is 0.263. The van der Waals surface area contributed by atoms with E-state index in [0.717, 1.165) is 47.2 Å². The lowest BCUT2D eigenvalue weighted by Gasteiger charge is -2.13. The van der Waals surface area contributed by atoms with Gasteiger partial charge in [0.1, 0.15) is 28.2 Å². The van der Waals surface area contributed by atoms with Gasteiger partial charge in [-0.05, 0) is 48.4 Å². The number of esters is 1. The zero-order valence-electron chi connectivity index (χ0n) is 18.1. The van der Waals surface area contributed by atoms with Gasteiger partial charge >= 0.3 is 5.97 Å². The number of unbranched alkanes of at least 4 members (excludes halogenated alkanes) is 1. The van der Waals surface area contributed by atoms with Crippen molar-refractivity contribution in [3.8, 4) is 33.9 Å². The van der Waals surface area contributed by atoms with E-state index in [0.29, 0.717) is 28.9 Å². The molecule has 32 heavy (non-hydrogen) atoms. The van der Waals surface area contributed by atoms with Gasteiger partial charge in [-0.3, -0.25) is 0 Å². The van der Waals surface area contributed by atoms with Crippen molar-refractivity contribution in [3.05, 3.63) is 54.2 Å². The topological polar surface area (TPSA) is 83.4 Å². The van der Waals surface area contributed by atoms with Crippen LogP contribution in [0.25, 0.3) is 33.4 Å². The van der Waals surface area contributed by atoms with Crippen molar-refractivity contribution in [1.29, 1.82) is 0 Å². The molecular formula is C24H23N3O4S. The van der Waals surface area contributed by atoms with Gasteiger partial charge in [-0.15, -0.1) is 0 Å². The summed E-state index contributed by atoms with van der Waals surface area (Å²) in [6.07, 6.45) is 1.72. The van der Waals surface area contributed by atoms with Crippen LogP contribution in [-0.2, 0) is 4.74 Å². The Balaban J connectivity index is 1.91. The molecule has 2 aromatic heterocycles. The van der Waals surface area contributed by atoms with Gasteiger partial charge in [0.05, 0.1) is 32.6 Å². The van der Waals surface area contributed by atoms with Gasteiger partial charge in [-0.1, -0.05) is 25.5 Å². The molecule has 0 bridgehead atoms. The van der Waals surface area contributed by atoms with Crippen LogP contribution < -0.4 is 9.47 Å². The molecule has 0 unspecified atom stereocenters. The molecule has 4 aromatic rings. The minimum absolute atomic E-state index is 0.220. The number of carbonyl (C=O) groups is 1. The first kappa shape index (κ1) is 21.7. The maximum Gasteiger partial charge on any atom is 0.357 e. The van der Waals surface area contributed by atoms with Crippen molar-refractivity contribution < 1.29 is 19.0 Å². The lowest BCUT2D eigenvalue weighted by Crippen LogP contribution is -2.11. The number of aromatic nitrogens is 3. The van der Waals surface area contributed by atoms with Crippen molar-refractivity contribution in [1.82, 2.24) is 13.7 Å². The van der Waals surface area contributed by atoms with E-state index < -0.39 is 5.97 Å². The summed E-state index contributed by atoms with van der Waals surface area (Å²) in [5.74, 6) is 0.973. The number of nitrogens with zero attached hydrogens (tertiary/aromatic N) is 3. The highest BCUT2D eigenvalue weighted by Gasteiger charge is 2.25. The van der Waals surface area contributed by atoms with Gasteiger partial charge in [-0.2, -0.15) is 8.75 Å². The maximum atomic E-state index is 13.1. The third-order valence-electron chi connectivity index (χ3n) is 5.08. The van der Waals surface area contributed by atoms with Crippen LogP contribution in [0.2, 0.25) is 0 Å². The van der Waals surface area contributed by atoms with Crippen molar-refractivity contribution in [2.24, 2.45) is 0 Å². The first-order valence-electron chi connectivity index (χ1n) is 10.3. The molecule has 0 aliphatic rings. The monoisotopic (exact) mass is 449 g/mol. The second-order valence-corrected chi connectivity index (χ2v) is 7.62. The summed E-state index contributed by atoms with van der Waals surface area (Å²) in [6, 6.07) is 14.9. The van der Waals surface area contributed by atoms with Crippen LogP contribution in [0, 0.1) is 0 Å². The van der Waals surface area contributed by atoms with E-state index in [9.17, 15) is 4.79 Å². The third-order valence-corrected chi connectivity index (χ3v) is 5.61. The molecule has 0 fully saturated rings. The highest BCUT2D eigenvalue weighted by atomic mass is 32.1. The fourth-order valence-corrected chi connectivity index (χ4v) is 3.90. The van der Waals surface area contributed by atoms with Gasteiger partial charge in [0.2, 0.25) is 0 Å². The van der Waals surface area contributed by atoms with Crippen LogP contribution in [0.4, 0.5) is 0 Å². The molecule has 0 aliphatic carbocycles. The van der Waals surface area contributed by atoms with E-state index in [1.807, 2.05) is 55.5 Å². The number of methoxy groups -OCH3 is 2. The Kier molecular flexibility index (Phi) is 6.61. The number of benzene rings is 2. The van der Waals surface area contributed by atoms with Gasteiger partial charge in [-0.25, -0.2) is 9.78 Å². The number of hydrogen-bond donors (Lipinski definition) is 0. The molecule has 0 radical (unpaired) electrons. The number of ether oxygens (including phenoxy) is 3. The van der Waals surface area contributed by atoms with Gasteiger partial charge in [0, 0.05) is 11.1 Å². The second-order valence-electron chi connectivity index (χ2n) is 7.09. The molecule has 4 rings (SSSR count). The summed E-state index contributed by atoms with van der Waals surface area (Å²) in [5, 5.41) is 0. The minimum atomic E-state index is -0.478.